The van der Waals surface area contributed by atoms with Crippen LogP contribution in [0.4, 0.5) is 0 Å². The van der Waals surface area contributed by atoms with Crippen molar-refractivity contribution in [3.8, 4) is 79.2 Å². The molecule has 10 nitrogen and oxygen atoms in total. The van der Waals surface area contributed by atoms with Gasteiger partial charge in [-0.1, -0.05) is 277 Å². The van der Waals surface area contributed by atoms with E-state index in [2.05, 4.69) is 301 Å². The van der Waals surface area contributed by atoms with Gasteiger partial charge in [0.2, 0.25) is 0 Å². The summed E-state index contributed by atoms with van der Waals surface area (Å²) < 4.78 is 10.1. The molecule has 12 heteroatoms. The molecule has 0 aliphatic rings. The van der Waals surface area contributed by atoms with Crippen LogP contribution in [-0.2, 0) is 0 Å². The number of nitrogens with zero attached hydrogens (tertiary/aromatic N) is 8. The molecule has 14 aromatic carbocycles. The first kappa shape index (κ1) is 63.1. The van der Waals surface area contributed by atoms with Gasteiger partial charge in [-0.2, -0.15) is 0 Å². The van der Waals surface area contributed by atoms with Gasteiger partial charge in [0.05, 0.1) is 55.3 Å². The molecule has 2 N–H and O–H groups in total. The third-order valence-electron chi connectivity index (χ3n) is 19.4. The number of hydrogen-bond acceptors (Lipinski definition) is 6. The van der Waals surface area contributed by atoms with E-state index < -0.39 is 7.12 Å². The lowest BCUT2D eigenvalue weighted by atomic mass is 9.80. The highest BCUT2D eigenvalue weighted by molar-refractivity contribution is 9.10. The van der Waals surface area contributed by atoms with E-state index in [-0.39, 0.29) is 0 Å². The third-order valence-corrected chi connectivity index (χ3v) is 19.9. The van der Waals surface area contributed by atoms with E-state index in [1.54, 1.807) is 6.07 Å². The maximum absolute atomic E-state index is 9.42. The fourth-order valence-electron chi connectivity index (χ4n) is 14.7. The molecule has 6 heterocycles. The Labute approximate surface area is 607 Å². The summed E-state index contributed by atoms with van der Waals surface area (Å²) in [4.78, 5) is 20.8. The summed E-state index contributed by atoms with van der Waals surface area (Å²) in [6.45, 7) is 0. The molecule has 0 fully saturated rings. The minimum atomic E-state index is -1.46. The van der Waals surface area contributed by atoms with Crippen molar-refractivity contribution in [1.82, 2.24) is 38.2 Å². The van der Waals surface area contributed by atoms with Crippen molar-refractivity contribution in [3.63, 3.8) is 0 Å². The highest BCUT2D eigenvalue weighted by Crippen LogP contribution is 2.43. The second-order valence-electron chi connectivity index (χ2n) is 25.6. The van der Waals surface area contributed by atoms with E-state index in [1.807, 2.05) is 91.0 Å². The predicted molar refractivity (Wildman–Crippen MR) is 433 cm³/mol. The molecule has 0 radical (unpaired) electrons. The Morgan fingerprint density at radius 2 is 0.567 bits per heavy atom. The molecule has 104 heavy (non-hydrogen) atoms. The van der Waals surface area contributed by atoms with Crippen molar-refractivity contribution in [2.75, 3.05) is 0 Å². The van der Waals surface area contributed by atoms with Crippen LogP contribution in [-0.4, -0.2) is 55.4 Å². The van der Waals surface area contributed by atoms with Gasteiger partial charge in [-0.25, -0.2) is 19.9 Å². The van der Waals surface area contributed by atoms with E-state index in [0.717, 1.165) is 133 Å². The number of rotatable bonds is 10. The van der Waals surface area contributed by atoms with Gasteiger partial charge in [-0.05, 0) is 120 Å². The maximum Gasteiger partial charge on any atom is 0.488 e. The van der Waals surface area contributed by atoms with Gasteiger partial charge in [-0.3, -0.25) is 9.13 Å². The molecule has 0 aliphatic carbocycles. The lowest BCUT2D eigenvalue weighted by Crippen LogP contribution is -2.29. The number of hydrogen-bond donors (Lipinski definition) is 2. The Bertz CT molecular complexity index is 6480. The summed E-state index contributed by atoms with van der Waals surface area (Å²) in [5.74, 6) is 1.42. The molecule has 0 saturated heterocycles. The molecular weight excluding hydrogens is 1340 g/mol. The first-order valence-corrected chi connectivity index (χ1v) is 35.4. The quantitative estimate of drug-likeness (QED) is 0.132. The fraction of sp³-hybridized carbons (Fsp3) is 0. The van der Waals surface area contributed by atoms with Crippen LogP contribution in [0.1, 0.15) is 0 Å². The highest BCUT2D eigenvalue weighted by atomic mass is 79.9. The second-order valence-corrected chi connectivity index (χ2v) is 26.6. The topological polar surface area (TPSA) is 112 Å². The SMILES string of the molecule is Brc1ccc2c(c1)c1c(-c3ccccc3)nc(-c3ccccc3)nc1n2-c1ccccc1.OB(O)c1cccc(-n2c3ccccc3c3ccccc32)c1.c1ccc(-c2nc(-c3ccccc3)c3c4cc(-c5cccc(-n6c7ccccc7c7ccccc76)c5)ccc4n(-c4ccccc4)c3n2)cc1. The first-order chi connectivity index (χ1) is 51.4. The minimum absolute atomic E-state index is 0.486. The van der Waals surface area contributed by atoms with Crippen molar-refractivity contribution >= 4 is 116 Å². The molecule has 6 aromatic heterocycles. The zero-order chi connectivity index (χ0) is 69.6. The van der Waals surface area contributed by atoms with Crippen LogP contribution >= 0.6 is 15.9 Å². The van der Waals surface area contributed by atoms with E-state index in [0.29, 0.717) is 11.3 Å². The van der Waals surface area contributed by atoms with Gasteiger partial charge < -0.3 is 19.2 Å². The largest absolute Gasteiger partial charge is 0.488 e. The number of aromatic nitrogens is 8. The summed E-state index contributed by atoms with van der Waals surface area (Å²) in [6.07, 6.45) is 0. The molecule has 0 aliphatic heterocycles. The van der Waals surface area contributed by atoms with Crippen LogP contribution in [0.2, 0.25) is 0 Å². The average molecular weight is 1400 g/mol. The van der Waals surface area contributed by atoms with E-state index in [4.69, 9.17) is 19.9 Å². The van der Waals surface area contributed by atoms with Crippen LogP contribution in [0.5, 0.6) is 0 Å². The van der Waals surface area contributed by atoms with Crippen molar-refractivity contribution in [3.05, 3.63) is 368 Å². The number of halogens is 1. The van der Waals surface area contributed by atoms with Crippen molar-refractivity contribution in [2.24, 2.45) is 0 Å². The molecule has 0 unspecified atom stereocenters. The lowest BCUT2D eigenvalue weighted by Gasteiger charge is -2.11. The monoisotopic (exact) mass is 1400 g/mol. The molecule has 0 spiro atoms. The highest BCUT2D eigenvalue weighted by Gasteiger charge is 2.25. The molecular formula is C92H62BBrN8O2. The molecule has 492 valence electrons. The molecule has 0 saturated carbocycles. The zero-order valence-corrected chi connectivity index (χ0v) is 57.7. The Kier molecular flexibility index (Phi) is 16.4. The summed E-state index contributed by atoms with van der Waals surface area (Å²) in [7, 11) is -1.46. The van der Waals surface area contributed by atoms with E-state index >= 15 is 0 Å². The van der Waals surface area contributed by atoms with Crippen LogP contribution in [0.25, 0.3) is 167 Å². The molecule has 0 atom stereocenters. The summed E-state index contributed by atoms with van der Waals surface area (Å²) in [5.41, 5.74) is 21.5. The van der Waals surface area contributed by atoms with Crippen LogP contribution < -0.4 is 5.46 Å². The fourth-order valence-corrected chi connectivity index (χ4v) is 15.1. The molecule has 20 rings (SSSR count). The maximum atomic E-state index is 9.42. The van der Waals surface area contributed by atoms with Gasteiger partial charge in [0.15, 0.2) is 11.6 Å². The molecule has 0 bridgehead atoms. The lowest BCUT2D eigenvalue weighted by molar-refractivity contribution is 0.425. The van der Waals surface area contributed by atoms with Gasteiger partial charge in [0, 0.05) is 81.8 Å². The standard InChI is InChI=1S/C46H30N4.C28H18BrN3.C18H14BNO2/c1-4-15-31(16-5-1)44-43-39-30-34(33-19-14-22-36(29-33)49-40-25-12-10-23-37(40)38-24-11-13-26-41(38)49)27-28-42(39)50(35-20-8-3-9-21-35)46(43)48-45(47-44)32-17-6-2-7-18-32;29-21-16-17-24-23(18-21)25-26(19-10-4-1-5-11-19)30-27(20-12-6-2-7-13-20)31-28(25)32(24)22-14-8-3-9-15-22;21-19(22)13-6-5-7-14(12-13)20-17-10-3-1-8-15(17)16-9-2-4-11-18(16)20/h1-30H;1-18H;1-12,21-22H. The Hall–Kier alpha value is -13.1. The van der Waals surface area contributed by atoms with Gasteiger partial charge in [-0.15, -0.1) is 0 Å². The average Bonchev–Trinajstić information content (AvgIpc) is 1.44. The summed E-state index contributed by atoms with van der Waals surface area (Å²) in [5, 5.41) is 28.0. The molecule has 20 aromatic rings. The van der Waals surface area contributed by atoms with Crippen LogP contribution in [0.3, 0.4) is 0 Å². The number of para-hydroxylation sites is 6. The summed E-state index contributed by atoms with van der Waals surface area (Å²) >= 11 is 3.67. The van der Waals surface area contributed by atoms with Crippen molar-refractivity contribution < 1.29 is 10.0 Å². The number of fused-ring (bicyclic) bond motifs is 12. The van der Waals surface area contributed by atoms with E-state index in [1.165, 1.54) is 32.6 Å². The van der Waals surface area contributed by atoms with E-state index in [9.17, 15) is 10.0 Å². The van der Waals surface area contributed by atoms with Crippen LogP contribution in [0.15, 0.2) is 368 Å². The van der Waals surface area contributed by atoms with Crippen molar-refractivity contribution in [2.45, 2.75) is 0 Å². The van der Waals surface area contributed by atoms with Gasteiger partial charge in [0.25, 0.3) is 0 Å². The number of benzene rings is 14. The Morgan fingerprint density at radius 1 is 0.240 bits per heavy atom. The third kappa shape index (κ3) is 11.5. The van der Waals surface area contributed by atoms with Crippen LogP contribution in [0, 0.1) is 0 Å². The zero-order valence-electron chi connectivity index (χ0n) is 56.1. The molecule has 0 amide bonds. The Morgan fingerprint density at radius 3 is 1.00 bits per heavy atom. The normalized spacial score (nSPS) is 11.4. The van der Waals surface area contributed by atoms with Crippen molar-refractivity contribution in [1.29, 1.82) is 0 Å². The van der Waals surface area contributed by atoms with Gasteiger partial charge >= 0.3 is 7.12 Å². The predicted octanol–water partition coefficient (Wildman–Crippen LogP) is 21.8. The first-order valence-electron chi connectivity index (χ1n) is 34.6. The summed E-state index contributed by atoms with van der Waals surface area (Å²) in [6, 6.07) is 125. The smallest absolute Gasteiger partial charge is 0.423 e. The van der Waals surface area contributed by atoms with Gasteiger partial charge in [0.1, 0.15) is 11.3 Å². The second kappa shape index (κ2) is 27.1. The Balaban J connectivity index is 0.000000122. The minimum Gasteiger partial charge on any atom is -0.423 e.